The van der Waals surface area contributed by atoms with Crippen molar-refractivity contribution in [1.29, 1.82) is 0 Å². The van der Waals surface area contributed by atoms with Gasteiger partial charge in [0.05, 0.1) is 0 Å². The van der Waals surface area contributed by atoms with Crippen molar-refractivity contribution >= 4 is 0 Å². The highest BCUT2D eigenvalue weighted by Crippen LogP contribution is 2.30. The highest BCUT2D eigenvalue weighted by molar-refractivity contribution is 5.32. The lowest BCUT2D eigenvalue weighted by Crippen LogP contribution is -2.18. The molecule has 0 spiro atoms. The third-order valence-corrected chi connectivity index (χ3v) is 3.48. The van der Waals surface area contributed by atoms with Crippen LogP contribution in [0.5, 0.6) is 0 Å². The van der Waals surface area contributed by atoms with Crippen LogP contribution in [0.3, 0.4) is 0 Å². The first-order valence-electron chi connectivity index (χ1n) is 6.12. The monoisotopic (exact) mass is 216 g/mol. The van der Waals surface area contributed by atoms with E-state index < -0.39 is 0 Å². The molecule has 0 saturated heterocycles. The first-order chi connectivity index (χ1) is 7.74. The molecule has 1 unspecified atom stereocenters. The Morgan fingerprint density at radius 2 is 2.44 bits per heavy atom. The third kappa shape index (κ3) is 2.01. The zero-order valence-corrected chi connectivity index (χ0v) is 10.00. The molecule has 1 atom stereocenters. The van der Waals surface area contributed by atoms with E-state index in [2.05, 4.69) is 23.5 Å². The molecule has 1 aliphatic carbocycles. The van der Waals surface area contributed by atoms with Gasteiger partial charge in [0, 0.05) is 30.4 Å². The number of hydrogen-bond acceptors (Lipinski definition) is 1. The van der Waals surface area contributed by atoms with Crippen molar-refractivity contribution in [1.82, 2.24) is 4.57 Å². The van der Waals surface area contributed by atoms with E-state index >= 15 is 0 Å². The lowest BCUT2D eigenvalue weighted by atomic mass is 9.93. The lowest BCUT2D eigenvalue weighted by Gasteiger charge is -2.21. The number of hydrogen-bond donors (Lipinski definition) is 1. The van der Waals surface area contributed by atoms with Crippen molar-refractivity contribution in [2.24, 2.45) is 5.73 Å². The number of terminal acetylenes is 1. The molecule has 1 heterocycles. The van der Waals surface area contributed by atoms with Gasteiger partial charge in [-0.1, -0.05) is 0 Å². The van der Waals surface area contributed by atoms with E-state index in [0.717, 1.165) is 25.8 Å². The van der Waals surface area contributed by atoms with Crippen molar-refractivity contribution < 1.29 is 0 Å². The molecule has 86 valence electrons. The van der Waals surface area contributed by atoms with E-state index in [1.54, 1.807) is 0 Å². The van der Waals surface area contributed by atoms with Crippen LogP contribution in [0.2, 0.25) is 0 Å². The Hall–Kier alpha value is -1.20. The topological polar surface area (TPSA) is 30.9 Å². The van der Waals surface area contributed by atoms with Crippen molar-refractivity contribution in [3.05, 3.63) is 23.0 Å². The van der Waals surface area contributed by atoms with Gasteiger partial charge in [-0.05, 0) is 44.2 Å². The van der Waals surface area contributed by atoms with E-state index in [1.807, 2.05) is 0 Å². The Labute approximate surface area is 97.8 Å². The van der Waals surface area contributed by atoms with E-state index in [-0.39, 0.29) is 6.04 Å². The van der Waals surface area contributed by atoms with E-state index in [4.69, 9.17) is 12.2 Å². The van der Waals surface area contributed by atoms with Crippen molar-refractivity contribution in [2.75, 3.05) is 0 Å². The highest BCUT2D eigenvalue weighted by Gasteiger charge is 2.21. The predicted octanol–water partition coefficient (Wildman–Crippen LogP) is 2.55. The second-order valence-electron chi connectivity index (χ2n) is 4.65. The maximum absolute atomic E-state index is 6.14. The van der Waals surface area contributed by atoms with E-state index in [1.165, 1.54) is 29.8 Å². The predicted molar refractivity (Wildman–Crippen MR) is 67.1 cm³/mol. The van der Waals surface area contributed by atoms with Crippen molar-refractivity contribution in [2.45, 2.75) is 51.6 Å². The number of aryl methyl sites for hydroxylation is 1. The summed E-state index contributed by atoms with van der Waals surface area (Å²) in [4.78, 5) is 0. The second-order valence-corrected chi connectivity index (χ2v) is 4.65. The fourth-order valence-electron chi connectivity index (χ4n) is 2.65. The van der Waals surface area contributed by atoms with Gasteiger partial charge < -0.3 is 10.3 Å². The normalized spacial score (nSPS) is 19.2. The summed E-state index contributed by atoms with van der Waals surface area (Å²) >= 11 is 0. The summed E-state index contributed by atoms with van der Waals surface area (Å²) in [6.07, 6.45) is 10.7. The largest absolute Gasteiger partial charge is 0.349 e. The Balaban J connectivity index is 2.21. The molecule has 0 radical (unpaired) electrons. The van der Waals surface area contributed by atoms with Gasteiger partial charge in [0.25, 0.3) is 0 Å². The number of fused-ring (bicyclic) bond motifs is 1. The molecule has 2 N–H and O–H groups in total. The molecule has 0 aromatic carbocycles. The second kappa shape index (κ2) is 4.76. The molecule has 2 rings (SSSR count). The Bertz CT molecular complexity index is 409. The summed E-state index contributed by atoms with van der Waals surface area (Å²) in [5, 5.41) is 0. The van der Waals surface area contributed by atoms with Crippen LogP contribution < -0.4 is 5.73 Å². The average Bonchev–Trinajstić information content (AvgIpc) is 2.58. The summed E-state index contributed by atoms with van der Waals surface area (Å²) in [5.41, 5.74) is 10.3. The summed E-state index contributed by atoms with van der Waals surface area (Å²) in [6, 6.07) is 2.51. The van der Waals surface area contributed by atoms with Gasteiger partial charge in [0.15, 0.2) is 0 Å². The van der Waals surface area contributed by atoms with Gasteiger partial charge in [0.1, 0.15) is 0 Å². The molecule has 1 aromatic rings. The van der Waals surface area contributed by atoms with Crippen LogP contribution in [0.4, 0.5) is 0 Å². The molecule has 0 fully saturated rings. The lowest BCUT2D eigenvalue weighted by molar-refractivity contribution is 0.530. The van der Waals surface area contributed by atoms with Crippen LogP contribution in [0.15, 0.2) is 6.07 Å². The van der Waals surface area contributed by atoms with Gasteiger partial charge in [-0.3, -0.25) is 0 Å². The minimum absolute atomic E-state index is 0.247. The Morgan fingerprint density at radius 1 is 1.62 bits per heavy atom. The summed E-state index contributed by atoms with van der Waals surface area (Å²) in [7, 11) is 0. The van der Waals surface area contributed by atoms with Crippen LogP contribution in [0.1, 0.15) is 48.7 Å². The molecule has 0 bridgehead atoms. The molecule has 2 nitrogen and oxygen atoms in total. The van der Waals surface area contributed by atoms with Gasteiger partial charge in [-0.15, -0.1) is 12.3 Å². The molecular formula is C14H20N2. The zero-order chi connectivity index (χ0) is 11.5. The van der Waals surface area contributed by atoms with Gasteiger partial charge in [0.2, 0.25) is 0 Å². The number of nitrogens with two attached hydrogens (primary N) is 1. The fraction of sp³-hybridized carbons (Fsp3) is 0.571. The smallest absolute Gasteiger partial charge is 0.0313 e. The number of rotatable bonds is 3. The zero-order valence-electron chi connectivity index (χ0n) is 10.00. The maximum Gasteiger partial charge on any atom is 0.0313 e. The SMILES string of the molecule is C#CCCCn1c(C)cc2c1CCCC2N. The van der Waals surface area contributed by atoms with Crippen molar-refractivity contribution in [3.63, 3.8) is 0 Å². The number of nitrogens with zero attached hydrogens (tertiary/aromatic N) is 1. The third-order valence-electron chi connectivity index (χ3n) is 3.48. The van der Waals surface area contributed by atoms with Crippen LogP contribution in [-0.2, 0) is 13.0 Å². The first kappa shape index (κ1) is 11.3. The molecule has 16 heavy (non-hydrogen) atoms. The minimum atomic E-state index is 0.247. The Kier molecular flexibility index (Phi) is 3.36. The summed E-state index contributed by atoms with van der Waals surface area (Å²) in [6.45, 7) is 3.21. The van der Waals surface area contributed by atoms with Crippen LogP contribution >= 0.6 is 0 Å². The van der Waals surface area contributed by atoms with E-state index in [9.17, 15) is 0 Å². The Morgan fingerprint density at radius 3 is 3.19 bits per heavy atom. The maximum atomic E-state index is 6.14. The fourth-order valence-corrected chi connectivity index (χ4v) is 2.65. The van der Waals surface area contributed by atoms with E-state index in [0.29, 0.717) is 0 Å². The van der Waals surface area contributed by atoms with Crippen LogP contribution in [0.25, 0.3) is 0 Å². The summed E-state index contributed by atoms with van der Waals surface area (Å²) in [5.74, 6) is 2.70. The summed E-state index contributed by atoms with van der Waals surface area (Å²) < 4.78 is 2.41. The molecule has 0 saturated carbocycles. The van der Waals surface area contributed by atoms with Crippen LogP contribution in [0, 0.1) is 19.3 Å². The quantitative estimate of drug-likeness (QED) is 0.611. The average molecular weight is 216 g/mol. The van der Waals surface area contributed by atoms with Gasteiger partial charge in [-0.2, -0.15) is 0 Å². The van der Waals surface area contributed by atoms with Gasteiger partial charge >= 0.3 is 0 Å². The number of unbranched alkanes of at least 4 members (excludes halogenated alkanes) is 1. The molecule has 0 amide bonds. The highest BCUT2D eigenvalue weighted by atomic mass is 15.0. The number of aromatic nitrogens is 1. The molecule has 1 aliphatic rings. The molecule has 1 aromatic heterocycles. The minimum Gasteiger partial charge on any atom is -0.349 e. The van der Waals surface area contributed by atoms with Crippen molar-refractivity contribution in [3.8, 4) is 12.3 Å². The van der Waals surface area contributed by atoms with Gasteiger partial charge in [-0.25, -0.2) is 0 Å². The molecular weight excluding hydrogens is 196 g/mol. The first-order valence-corrected chi connectivity index (χ1v) is 6.12. The molecule has 2 heteroatoms. The standard InChI is InChI=1S/C14H20N2/c1-3-4-5-9-16-11(2)10-12-13(15)7-6-8-14(12)16/h1,10,13H,4-9,15H2,2H3. The molecule has 0 aliphatic heterocycles. The van der Waals surface area contributed by atoms with Crippen LogP contribution in [-0.4, -0.2) is 4.57 Å².